The van der Waals surface area contributed by atoms with Gasteiger partial charge in [0.1, 0.15) is 12.1 Å². The molecule has 96 valence electrons. The monoisotopic (exact) mass is 245 g/mol. The Hall–Kier alpha value is -1.68. The van der Waals surface area contributed by atoms with Crippen LogP contribution in [0.4, 0.5) is 5.82 Å². The van der Waals surface area contributed by atoms with Crippen LogP contribution < -0.4 is 5.32 Å². The number of benzene rings is 1. The average Bonchev–Trinajstić information content (AvgIpc) is 2.43. The second kappa shape index (κ2) is 6.31. The molecular weight excluding hydrogens is 226 g/mol. The van der Waals surface area contributed by atoms with Crippen molar-refractivity contribution in [2.75, 3.05) is 18.5 Å². The van der Waals surface area contributed by atoms with E-state index in [1.807, 2.05) is 24.3 Å². The van der Waals surface area contributed by atoms with Crippen LogP contribution >= 0.6 is 0 Å². The molecule has 0 aliphatic heterocycles. The number of nitrogens with one attached hydrogen (secondary N) is 1. The summed E-state index contributed by atoms with van der Waals surface area (Å²) in [6, 6.07) is 7.96. The molecule has 4 heteroatoms. The van der Waals surface area contributed by atoms with Gasteiger partial charge < -0.3 is 10.4 Å². The molecule has 1 heterocycles. The fourth-order valence-corrected chi connectivity index (χ4v) is 2.02. The molecule has 0 aliphatic carbocycles. The number of para-hydroxylation sites is 1. The van der Waals surface area contributed by atoms with Crippen LogP contribution in [0, 0.1) is 5.92 Å². The SMILES string of the molecule is CCC(CCO)CNc1ncnc2ccccc12. The van der Waals surface area contributed by atoms with E-state index in [-0.39, 0.29) is 6.61 Å². The van der Waals surface area contributed by atoms with Gasteiger partial charge in [-0.3, -0.25) is 0 Å². The van der Waals surface area contributed by atoms with Gasteiger partial charge in [-0.1, -0.05) is 25.5 Å². The molecule has 1 aromatic heterocycles. The molecule has 2 aromatic rings. The zero-order chi connectivity index (χ0) is 12.8. The summed E-state index contributed by atoms with van der Waals surface area (Å²) in [4.78, 5) is 8.52. The first kappa shape index (κ1) is 12.8. The van der Waals surface area contributed by atoms with Gasteiger partial charge in [0.25, 0.3) is 0 Å². The highest BCUT2D eigenvalue weighted by atomic mass is 16.3. The van der Waals surface area contributed by atoms with E-state index >= 15 is 0 Å². The van der Waals surface area contributed by atoms with Crippen molar-refractivity contribution in [2.45, 2.75) is 19.8 Å². The quantitative estimate of drug-likeness (QED) is 0.820. The lowest BCUT2D eigenvalue weighted by Crippen LogP contribution is -2.15. The molecule has 1 atom stereocenters. The van der Waals surface area contributed by atoms with Crippen molar-refractivity contribution in [3.05, 3.63) is 30.6 Å². The Kier molecular flexibility index (Phi) is 4.47. The maximum absolute atomic E-state index is 8.98. The van der Waals surface area contributed by atoms with Crippen LogP contribution in [-0.2, 0) is 0 Å². The summed E-state index contributed by atoms with van der Waals surface area (Å²) in [5.41, 5.74) is 0.949. The second-order valence-corrected chi connectivity index (χ2v) is 4.41. The lowest BCUT2D eigenvalue weighted by atomic mass is 10.0. The van der Waals surface area contributed by atoms with Crippen LogP contribution in [-0.4, -0.2) is 28.2 Å². The lowest BCUT2D eigenvalue weighted by Gasteiger charge is -2.15. The minimum atomic E-state index is 0.241. The third-order valence-electron chi connectivity index (χ3n) is 3.22. The minimum absolute atomic E-state index is 0.241. The van der Waals surface area contributed by atoms with Crippen molar-refractivity contribution in [3.8, 4) is 0 Å². The summed E-state index contributed by atoms with van der Waals surface area (Å²) in [7, 11) is 0. The van der Waals surface area contributed by atoms with E-state index < -0.39 is 0 Å². The normalized spacial score (nSPS) is 12.6. The summed E-state index contributed by atoms with van der Waals surface area (Å²) in [5.74, 6) is 1.35. The molecule has 2 rings (SSSR count). The molecule has 1 unspecified atom stereocenters. The Bertz CT molecular complexity index is 496. The first-order chi connectivity index (χ1) is 8.85. The van der Waals surface area contributed by atoms with Crippen LogP contribution in [0.5, 0.6) is 0 Å². The summed E-state index contributed by atoms with van der Waals surface area (Å²) < 4.78 is 0. The van der Waals surface area contributed by atoms with Gasteiger partial charge in [-0.05, 0) is 24.5 Å². The molecule has 0 bridgehead atoms. The second-order valence-electron chi connectivity index (χ2n) is 4.41. The summed E-state index contributed by atoms with van der Waals surface area (Å²) in [6.07, 6.45) is 3.46. The highest BCUT2D eigenvalue weighted by Crippen LogP contribution is 2.19. The molecule has 0 saturated carbocycles. The summed E-state index contributed by atoms with van der Waals surface area (Å²) in [5, 5.41) is 13.4. The van der Waals surface area contributed by atoms with E-state index in [0.29, 0.717) is 5.92 Å². The topological polar surface area (TPSA) is 58.0 Å². The number of rotatable bonds is 6. The molecule has 4 nitrogen and oxygen atoms in total. The predicted molar refractivity (Wildman–Crippen MR) is 73.5 cm³/mol. The molecule has 18 heavy (non-hydrogen) atoms. The van der Waals surface area contributed by atoms with Crippen LogP contribution in [0.1, 0.15) is 19.8 Å². The highest BCUT2D eigenvalue weighted by Gasteiger charge is 2.07. The standard InChI is InChI=1S/C14H19N3O/c1-2-11(7-8-18)9-15-14-12-5-3-4-6-13(12)16-10-17-14/h3-6,10-11,18H,2,7-9H2,1H3,(H,15,16,17). The average molecular weight is 245 g/mol. The minimum Gasteiger partial charge on any atom is -0.396 e. The molecule has 0 radical (unpaired) electrons. The third kappa shape index (κ3) is 2.96. The van der Waals surface area contributed by atoms with Crippen molar-refractivity contribution in [3.63, 3.8) is 0 Å². The Morgan fingerprint density at radius 3 is 2.89 bits per heavy atom. The molecule has 0 spiro atoms. The fraction of sp³-hybridized carbons (Fsp3) is 0.429. The Labute approximate surface area is 107 Å². The maximum Gasteiger partial charge on any atom is 0.137 e. The van der Waals surface area contributed by atoms with Crippen molar-refractivity contribution in [2.24, 2.45) is 5.92 Å². The number of aromatic nitrogens is 2. The van der Waals surface area contributed by atoms with E-state index in [2.05, 4.69) is 22.2 Å². The molecular formula is C14H19N3O. The van der Waals surface area contributed by atoms with Gasteiger partial charge in [-0.15, -0.1) is 0 Å². The van der Waals surface area contributed by atoms with E-state index in [1.54, 1.807) is 6.33 Å². The molecule has 0 fully saturated rings. The van der Waals surface area contributed by atoms with Crippen LogP contribution in [0.25, 0.3) is 10.9 Å². The van der Waals surface area contributed by atoms with Gasteiger partial charge in [0.2, 0.25) is 0 Å². The first-order valence-corrected chi connectivity index (χ1v) is 6.39. The Morgan fingerprint density at radius 1 is 1.28 bits per heavy atom. The van der Waals surface area contributed by atoms with Crippen molar-refractivity contribution >= 4 is 16.7 Å². The number of aliphatic hydroxyl groups is 1. The maximum atomic E-state index is 8.98. The molecule has 0 aliphatic rings. The van der Waals surface area contributed by atoms with Crippen molar-refractivity contribution in [1.29, 1.82) is 0 Å². The molecule has 1 aromatic carbocycles. The number of aliphatic hydroxyl groups excluding tert-OH is 1. The molecule has 2 N–H and O–H groups in total. The van der Waals surface area contributed by atoms with Gasteiger partial charge in [-0.2, -0.15) is 0 Å². The summed E-state index contributed by atoms with van der Waals surface area (Å²) in [6.45, 7) is 3.21. The van der Waals surface area contributed by atoms with Crippen molar-refractivity contribution in [1.82, 2.24) is 9.97 Å². The number of hydrogen-bond acceptors (Lipinski definition) is 4. The van der Waals surface area contributed by atoms with Crippen LogP contribution in [0.3, 0.4) is 0 Å². The number of nitrogens with zero attached hydrogens (tertiary/aromatic N) is 2. The van der Waals surface area contributed by atoms with E-state index in [1.165, 1.54) is 0 Å². The Morgan fingerprint density at radius 2 is 2.11 bits per heavy atom. The zero-order valence-electron chi connectivity index (χ0n) is 10.6. The van der Waals surface area contributed by atoms with E-state index in [0.717, 1.165) is 36.1 Å². The van der Waals surface area contributed by atoms with Gasteiger partial charge in [0.05, 0.1) is 5.52 Å². The van der Waals surface area contributed by atoms with Gasteiger partial charge in [-0.25, -0.2) is 9.97 Å². The molecule has 0 amide bonds. The lowest BCUT2D eigenvalue weighted by molar-refractivity contribution is 0.258. The number of anilines is 1. The predicted octanol–water partition coefficient (Wildman–Crippen LogP) is 2.45. The Balaban J connectivity index is 2.11. The highest BCUT2D eigenvalue weighted by molar-refractivity contribution is 5.88. The smallest absolute Gasteiger partial charge is 0.137 e. The van der Waals surface area contributed by atoms with Gasteiger partial charge >= 0.3 is 0 Å². The summed E-state index contributed by atoms with van der Waals surface area (Å²) >= 11 is 0. The van der Waals surface area contributed by atoms with Gasteiger partial charge in [0, 0.05) is 18.5 Å². The zero-order valence-corrected chi connectivity index (χ0v) is 10.6. The first-order valence-electron chi connectivity index (χ1n) is 6.39. The fourth-order valence-electron chi connectivity index (χ4n) is 2.02. The number of fused-ring (bicyclic) bond motifs is 1. The molecule has 0 saturated heterocycles. The third-order valence-corrected chi connectivity index (χ3v) is 3.22. The number of hydrogen-bond donors (Lipinski definition) is 2. The van der Waals surface area contributed by atoms with Crippen molar-refractivity contribution < 1.29 is 5.11 Å². The van der Waals surface area contributed by atoms with Crippen LogP contribution in [0.2, 0.25) is 0 Å². The largest absolute Gasteiger partial charge is 0.396 e. The van der Waals surface area contributed by atoms with Crippen LogP contribution in [0.15, 0.2) is 30.6 Å². The van der Waals surface area contributed by atoms with Gasteiger partial charge in [0.15, 0.2) is 0 Å². The van der Waals surface area contributed by atoms with E-state index in [4.69, 9.17) is 5.11 Å². The van der Waals surface area contributed by atoms with E-state index in [9.17, 15) is 0 Å².